The lowest BCUT2D eigenvalue weighted by Crippen LogP contribution is -2.33. The van der Waals surface area contributed by atoms with Crippen molar-refractivity contribution in [2.24, 2.45) is 5.92 Å². The number of hydrogen-bond donors (Lipinski definition) is 1. The molecule has 1 aliphatic rings. The van der Waals surface area contributed by atoms with Gasteiger partial charge in [-0.25, -0.2) is 0 Å². The average Bonchev–Trinajstić information content (AvgIpc) is 2.78. The summed E-state index contributed by atoms with van der Waals surface area (Å²) in [5, 5.41) is 2.87. The molecule has 1 fully saturated rings. The molecule has 114 valence electrons. The first kappa shape index (κ1) is 16.0. The van der Waals surface area contributed by atoms with Crippen molar-refractivity contribution in [3.05, 3.63) is 28.7 Å². The van der Waals surface area contributed by atoms with E-state index in [-0.39, 0.29) is 17.7 Å². The van der Waals surface area contributed by atoms with E-state index in [9.17, 15) is 9.59 Å². The summed E-state index contributed by atoms with van der Waals surface area (Å²) in [4.78, 5) is 28.0. The molecule has 2 amide bonds. The molecule has 0 aliphatic carbocycles. The van der Waals surface area contributed by atoms with Crippen molar-refractivity contribution in [1.82, 2.24) is 9.80 Å². The van der Waals surface area contributed by atoms with Gasteiger partial charge in [-0.05, 0) is 32.3 Å². The van der Waals surface area contributed by atoms with Crippen LogP contribution in [-0.2, 0) is 9.59 Å². The number of likely N-dealkylation sites (N-methyl/N-ethyl adjacent to an activating group) is 1. The maximum Gasteiger partial charge on any atom is 0.229 e. The van der Waals surface area contributed by atoms with Gasteiger partial charge in [0, 0.05) is 36.2 Å². The summed E-state index contributed by atoms with van der Waals surface area (Å²) in [5.74, 6) is -0.293. The Morgan fingerprint density at radius 2 is 2.24 bits per heavy atom. The maximum atomic E-state index is 12.2. The van der Waals surface area contributed by atoms with E-state index >= 15 is 0 Å². The van der Waals surface area contributed by atoms with E-state index < -0.39 is 0 Å². The van der Waals surface area contributed by atoms with Crippen LogP contribution >= 0.6 is 15.9 Å². The Hall–Kier alpha value is -1.40. The number of nitrogens with zero attached hydrogens (tertiary/aromatic N) is 2. The zero-order valence-electron chi connectivity index (χ0n) is 12.3. The van der Waals surface area contributed by atoms with E-state index in [2.05, 4.69) is 21.2 Å². The zero-order chi connectivity index (χ0) is 15.4. The summed E-state index contributed by atoms with van der Waals surface area (Å²) in [7, 11) is 3.94. The SMILES string of the molecule is CN(C)CCN1CC(C(=O)Nc2cccc(Br)c2)CC1=O. The molecule has 1 atom stereocenters. The molecule has 0 saturated carbocycles. The normalized spacial score (nSPS) is 18.4. The molecular formula is C15H20BrN3O2. The summed E-state index contributed by atoms with van der Waals surface area (Å²) >= 11 is 3.37. The van der Waals surface area contributed by atoms with Crippen molar-refractivity contribution >= 4 is 33.4 Å². The van der Waals surface area contributed by atoms with Gasteiger partial charge in [0.2, 0.25) is 11.8 Å². The van der Waals surface area contributed by atoms with Crippen LogP contribution in [-0.4, -0.2) is 55.3 Å². The monoisotopic (exact) mass is 353 g/mol. The summed E-state index contributed by atoms with van der Waals surface area (Å²) in [5.41, 5.74) is 0.744. The van der Waals surface area contributed by atoms with Crippen molar-refractivity contribution in [2.45, 2.75) is 6.42 Å². The second-order valence-electron chi connectivity index (χ2n) is 5.54. The van der Waals surface area contributed by atoms with E-state index in [4.69, 9.17) is 0 Å². The van der Waals surface area contributed by atoms with Crippen LogP contribution in [0.4, 0.5) is 5.69 Å². The quantitative estimate of drug-likeness (QED) is 0.877. The van der Waals surface area contributed by atoms with Crippen LogP contribution < -0.4 is 5.32 Å². The van der Waals surface area contributed by atoms with Crippen molar-refractivity contribution in [3.8, 4) is 0 Å². The molecule has 1 aromatic rings. The standard InChI is InChI=1S/C15H20BrN3O2/c1-18(2)6-7-19-10-11(8-14(19)20)15(21)17-13-5-3-4-12(16)9-13/h3-5,9,11H,6-8,10H2,1-2H3,(H,17,21). The lowest BCUT2D eigenvalue weighted by atomic mass is 10.1. The van der Waals surface area contributed by atoms with Crippen LogP contribution in [0.1, 0.15) is 6.42 Å². The second kappa shape index (κ2) is 7.04. The minimum atomic E-state index is -0.265. The Balaban J connectivity index is 1.90. The third-order valence-corrected chi connectivity index (χ3v) is 3.99. The third-order valence-electron chi connectivity index (χ3n) is 3.49. The molecule has 1 aliphatic heterocycles. The number of halogens is 1. The summed E-state index contributed by atoms with van der Waals surface area (Å²) in [6, 6.07) is 7.45. The molecule has 1 saturated heterocycles. The molecule has 5 nitrogen and oxygen atoms in total. The van der Waals surface area contributed by atoms with Crippen molar-refractivity contribution in [1.29, 1.82) is 0 Å². The fourth-order valence-electron chi connectivity index (χ4n) is 2.30. The van der Waals surface area contributed by atoms with Gasteiger partial charge in [0.1, 0.15) is 0 Å². The molecule has 0 spiro atoms. The van der Waals surface area contributed by atoms with Crippen LogP contribution in [0.3, 0.4) is 0 Å². The molecule has 1 N–H and O–H groups in total. The Kier molecular flexibility index (Phi) is 5.36. The van der Waals surface area contributed by atoms with Gasteiger partial charge < -0.3 is 15.1 Å². The van der Waals surface area contributed by atoms with Gasteiger partial charge in [0.25, 0.3) is 0 Å². The fraction of sp³-hybridized carbons (Fsp3) is 0.467. The van der Waals surface area contributed by atoms with Crippen LogP contribution in [0.5, 0.6) is 0 Å². The first-order valence-corrected chi connectivity index (χ1v) is 7.74. The predicted molar refractivity (Wildman–Crippen MR) is 86.0 cm³/mol. The van der Waals surface area contributed by atoms with Gasteiger partial charge in [0.15, 0.2) is 0 Å². The van der Waals surface area contributed by atoms with Crippen LogP contribution in [0.15, 0.2) is 28.7 Å². The van der Waals surface area contributed by atoms with Gasteiger partial charge in [-0.1, -0.05) is 22.0 Å². The molecular weight excluding hydrogens is 334 g/mol. The highest BCUT2D eigenvalue weighted by Crippen LogP contribution is 2.21. The molecule has 1 aromatic carbocycles. The first-order valence-electron chi connectivity index (χ1n) is 6.94. The minimum Gasteiger partial charge on any atom is -0.341 e. The van der Waals surface area contributed by atoms with Crippen LogP contribution in [0.2, 0.25) is 0 Å². The number of nitrogens with one attached hydrogen (secondary N) is 1. The zero-order valence-corrected chi connectivity index (χ0v) is 13.9. The molecule has 6 heteroatoms. The van der Waals surface area contributed by atoms with Crippen molar-refractivity contribution in [2.75, 3.05) is 39.0 Å². The van der Waals surface area contributed by atoms with Gasteiger partial charge in [-0.2, -0.15) is 0 Å². The van der Waals surface area contributed by atoms with E-state index in [1.54, 1.807) is 4.90 Å². The number of hydrogen-bond acceptors (Lipinski definition) is 3. The molecule has 1 heterocycles. The van der Waals surface area contributed by atoms with Crippen LogP contribution in [0, 0.1) is 5.92 Å². The molecule has 0 aromatic heterocycles. The molecule has 2 rings (SSSR count). The Morgan fingerprint density at radius 1 is 1.48 bits per heavy atom. The van der Waals surface area contributed by atoms with Gasteiger partial charge in [-0.15, -0.1) is 0 Å². The van der Waals surface area contributed by atoms with Gasteiger partial charge in [0.05, 0.1) is 5.92 Å². The van der Waals surface area contributed by atoms with Gasteiger partial charge >= 0.3 is 0 Å². The summed E-state index contributed by atoms with van der Waals surface area (Å²) in [6.07, 6.45) is 0.299. The smallest absolute Gasteiger partial charge is 0.229 e. The average molecular weight is 354 g/mol. The lowest BCUT2D eigenvalue weighted by Gasteiger charge is -2.19. The lowest BCUT2D eigenvalue weighted by molar-refractivity contribution is -0.128. The van der Waals surface area contributed by atoms with E-state index in [0.29, 0.717) is 19.5 Å². The number of amides is 2. The summed E-state index contributed by atoms with van der Waals surface area (Å²) in [6.45, 7) is 1.99. The summed E-state index contributed by atoms with van der Waals surface area (Å²) < 4.78 is 0.912. The minimum absolute atomic E-state index is 0.0613. The van der Waals surface area contributed by atoms with Crippen molar-refractivity contribution in [3.63, 3.8) is 0 Å². The predicted octanol–water partition coefficient (Wildman–Crippen LogP) is 1.80. The Bertz CT molecular complexity index is 533. The van der Waals surface area contributed by atoms with E-state index in [1.807, 2.05) is 43.3 Å². The Morgan fingerprint density at radius 3 is 2.90 bits per heavy atom. The number of carbonyl (C=O) groups is 2. The molecule has 1 unspecified atom stereocenters. The van der Waals surface area contributed by atoms with Gasteiger partial charge in [-0.3, -0.25) is 9.59 Å². The highest BCUT2D eigenvalue weighted by Gasteiger charge is 2.34. The Labute approximate surface area is 133 Å². The molecule has 21 heavy (non-hydrogen) atoms. The van der Waals surface area contributed by atoms with Crippen molar-refractivity contribution < 1.29 is 9.59 Å². The fourth-order valence-corrected chi connectivity index (χ4v) is 2.69. The number of benzene rings is 1. The van der Waals surface area contributed by atoms with E-state index in [0.717, 1.165) is 16.7 Å². The largest absolute Gasteiger partial charge is 0.341 e. The second-order valence-corrected chi connectivity index (χ2v) is 6.46. The molecule has 0 radical (unpaired) electrons. The third kappa shape index (κ3) is 4.54. The number of rotatable bonds is 5. The molecule has 0 bridgehead atoms. The highest BCUT2D eigenvalue weighted by atomic mass is 79.9. The van der Waals surface area contributed by atoms with Crippen LogP contribution in [0.25, 0.3) is 0 Å². The topological polar surface area (TPSA) is 52.6 Å². The number of carbonyl (C=O) groups excluding carboxylic acids is 2. The van der Waals surface area contributed by atoms with E-state index in [1.165, 1.54) is 0 Å². The number of likely N-dealkylation sites (tertiary alicyclic amines) is 1. The maximum absolute atomic E-state index is 12.2. The number of anilines is 1. The highest BCUT2D eigenvalue weighted by molar-refractivity contribution is 9.10. The first-order chi connectivity index (χ1) is 9.95.